The van der Waals surface area contributed by atoms with Gasteiger partial charge in [-0.2, -0.15) is 0 Å². The monoisotopic (exact) mass is 465 g/mol. The van der Waals surface area contributed by atoms with Crippen molar-refractivity contribution in [3.63, 3.8) is 0 Å². The molecular weight excluding hydrogens is 431 g/mol. The zero-order chi connectivity index (χ0) is 23.5. The molecule has 0 unspecified atom stereocenters. The molecule has 0 aliphatic carbocycles. The molecule has 0 aromatic heterocycles. The van der Waals surface area contributed by atoms with Gasteiger partial charge in [-0.15, -0.1) is 0 Å². The number of likely N-dealkylation sites (tertiary alicyclic amines) is 1. The number of halogens is 1. The lowest BCUT2D eigenvalue weighted by Gasteiger charge is -2.51. The Morgan fingerprint density at radius 1 is 0.971 bits per heavy atom. The number of hydrogen-bond acceptors (Lipinski definition) is 4. The molecule has 2 bridgehead atoms. The number of esters is 1. The van der Waals surface area contributed by atoms with Crippen molar-refractivity contribution in [2.75, 3.05) is 39.3 Å². The first-order chi connectivity index (χ1) is 16.5. The molecule has 34 heavy (non-hydrogen) atoms. The van der Waals surface area contributed by atoms with Crippen LogP contribution in [-0.4, -0.2) is 66.5 Å². The lowest BCUT2D eigenvalue weighted by molar-refractivity contribution is -0.938. The van der Waals surface area contributed by atoms with Crippen LogP contribution in [0.5, 0.6) is 0 Å². The van der Waals surface area contributed by atoms with Crippen LogP contribution in [0, 0.1) is 11.7 Å². The van der Waals surface area contributed by atoms with Crippen molar-refractivity contribution in [3.05, 3.63) is 71.5 Å². The molecule has 5 nitrogen and oxygen atoms in total. The number of quaternary nitrogens is 1. The topological polar surface area (TPSA) is 46.6 Å². The Bertz CT molecular complexity index is 1010. The number of ether oxygens (including phenoxy) is 1. The van der Waals surface area contributed by atoms with E-state index in [4.69, 9.17) is 4.74 Å². The van der Waals surface area contributed by atoms with Crippen LogP contribution >= 0.6 is 0 Å². The summed E-state index contributed by atoms with van der Waals surface area (Å²) in [6.45, 7) is 4.47. The predicted octanol–water partition coefficient (Wildman–Crippen LogP) is 4.39. The van der Waals surface area contributed by atoms with E-state index in [1.165, 1.54) is 12.5 Å². The van der Waals surface area contributed by atoms with E-state index in [0.29, 0.717) is 16.9 Å². The van der Waals surface area contributed by atoms with Gasteiger partial charge < -0.3 is 9.22 Å². The van der Waals surface area contributed by atoms with E-state index < -0.39 is 5.82 Å². The van der Waals surface area contributed by atoms with E-state index in [1.807, 2.05) is 30.3 Å². The van der Waals surface area contributed by atoms with Gasteiger partial charge in [0.15, 0.2) is 6.10 Å². The molecule has 0 saturated carbocycles. The second kappa shape index (κ2) is 9.96. The van der Waals surface area contributed by atoms with Gasteiger partial charge in [0.2, 0.25) is 5.78 Å². The minimum absolute atomic E-state index is 0.158. The van der Waals surface area contributed by atoms with E-state index in [0.717, 1.165) is 57.4 Å². The van der Waals surface area contributed by atoms with Crippen molar-refractivity contribution in [1.82, 2.24) is 4.90 Å². The van der Waals surface area contributed by atoms with Gasteiger partial charge in [0.1, 0.15) is 24.9 Å². The largest absolute Gasteiger partial charge is 0.455 e. The molecule has 0 amide bonds. The van der Waals surface area contributed by atoms with Crippen molar-refractivity contribution >= 4 is 11.8 Å². The summed E-state index contributed by atoms with van der Waals surface area (Å²) in [6.07, 6.45) is 5.07. The first-order valence-corrected chi connectivity index (χ1v) is 12.7. The van der Waals surface area contributed by atoms with Gasteiger partial charge in [-0.1, -0.05) is 48.9 Å². The van der Waals surface area contributed by atoms with E-state index in [2.05, 4.69) is 4.90 Å². The number of piperidine rings is 4. The summed E-state index contributed by atoms with van der Waals surface area (Å²) in [6, 6.07) is 15.8. The average Bonchev–Trinajstić information content (AvgIpc) is 2.86. The predicted molar refractivity (Wildman–Crippen MR) is 128 cm³/mol. The number of hydrogen-bond donors (Lipinski definition) is 0. The van der Waals surface area contributed by atoms with Crippen LogP contribution in [0.3, 0.4) is 0 Å². The maximum atomic E-state index is 14.2. The fourth-order valence-electron chi connectivity index (χ4n) is 6.18. The lowest BCUT2D eigenvalue weighted by atomic mass is 9.82. The highest BCUT2D eigenvalue weighted by molar-refractivity contribution is 5.97. The highest BCUT2D eigenvalue weighted by Gasteiger charge is 2.49. The Balaban J connectivity index is 1.31. The molecule has 0 spiro atoms. The lowest BCUT2D eigenvalue weighted by Crippen LogP contribution is -2.66. The highest BCUT2D eigenvalue weighted by Crippen LogP contribution is 2.37. The highest BCUT2D eigenvalue weighted by atomic mass is 19.1. The molecule has 4 aliphatic rings. The van der Waals surface area contributed by atoms with Crippen LogP contribution in [0.1, 0.15) is 54.1 Å². The van der Waals surface area contributed by atoms with Crippen LogP contribution in [0.25, 0.3) is 0 Å². The SMILES string of the molecule is O=C(C[N+]12CCC(CC1)[C@@H](OC(=O)[C@H](c1ccccc1)N1CCCCC1)C2)c1ccccc1F. The van der Waals surface area contributed by atoms with Crippen LogP contribution in [0.4, 0.5) is 4.39 Å². The number of Topliss-reactive ketones (excluding diaryl/α,β-unsaturated/α-hetero) is 1. The molecule has 0 radical (unpaired) electrons. The molecular formula is C28H34FN2O3+. The van der Waals surface area contributed by atoms with Crippen molar-refractivity contribution in [2.24, 2.45) is 5.92 Å². The maximum Gasteiger partial charge on any atom is 0.328 e. The summed E-state index contributed by atoms with van der Waals surface area (Å²) in [5, 5.41) is 0. The molecule has 4 fully saturated rings. The molecule has 4 saturated heterocycles. The van der Waals surface area contributed by atoms with Crippen molar-refractivity contribution in [2.45, 2.75) is 44.2 Å². The van der Waals surface area contributed by atoms with Gasteiger partial charge in [-0.05, 0) is 43.6 Å². The van der Waals surface area contributed by atoms with Gasteiger partial charge in [0.25, 0.3) is 0 Å². The maximum absolute atomic E-state index is 14.2. The van der Waals surface area contributed by atoms with Gasteiger partial charge in [-0.3, -0.25) is 9.69 Å². The number of rotatable bonds is 7. The Morgan fingerprint density at radius 2 is 1.65 bits per heavy atom. The normalized spacial score (nSPS) is 27.8. The number of carbonyl (C=O) groups excluding carboxylic acids is 2. The summed E-state index contributed by atoms with van der Waals surface area (Å²) in [5.74, 6) is -0.470. The van der Waals surface area contributed by atoms with Crippen LogP contribution in [0.2, 0.25) is 0 Å². The second-order valence-electron chi connectivity index (χ2n) is 10.3. The van der Waals surface area contributed by atoms with Gasteiger partial charge in [0.05, 0.1) is 18.7 Å². The van der Waals surface area contributed by atoms with Crippen LogP contribution < -0.4 is 0 Å². The zero-order valence-corrected chi connectivity index (χ0v) is 19.7. The van der Waals surface area contributed by atoms with Crippen molar-refractivity contribution in [1.29, 1.82) is 0 Å². The Kier molecular flexibility index (Phi) is 6.79. The van der Waals surface area contributed by atoms with Crippen molar-refractivity contribution in [3.8, 4) is 0 Å². The number of fused-ring (bicyclic) bond motifs is 3. The minimum atomic E-state index is -0.465. The average molecular weight is 466 g/mol. The van der Waals surface area contributed by atoms with Crippen LogP contribution in [-0.2, 0) is 9.53 Å². The molecule has 6 heteroatoms. The standard InChI is InChI=1S/C28H34FN2O3/c29-24-12-6-5-11-23(24)25(32)19-31-17-13-21(14-18-31)26(20-31)34-28(33)27(22-9-3-1-4-10-22)30-15-7-2-8-16-30/h1,3-6,9-12,21,26-27H,2,7-8,13-20H2/q+1/t21?,26-,27-,31?/m0/s1. The van der Waals surface area contributed by atoms with Gasteiger partial charge >= 0.3 is 5.97 Å². The fraction of sp³-hybridized carbons (Fsp3) is 0.500. The molecule has 180 valence electrons. The summed E-state index contributed by atoms with van der Waals surface area (Å²) >= 11 is 0. The van der Waals surface area contributed by atoms with E-state index in [-0.39, 0.29) is 36.0 Å². The second-order valence-corrected chi connectivity index (χ2v) is 10.3. The van der Waals surface area contributed by atoms with E-state index in [9.17, 15) is 14.0 Å². The van der Waals surface area contributed by atoms with Gasteiger partial charge in [-0.25, -0.2) is 9.18 Å². The summed E-state index contributed by atoms with van der Waals surface area (Å²) in [4.78, 5) is 28.8. The Labute approximate surface area is 201 Å². The van der Waals surface area contributed by atoms with E-state index >= 15 is 0 Å². The number of ketones is 1. The van der Waals surface area contributed by atoms with Crippen molar-refractivity contribution < 1.29 is 23.2 Å². The smallest absolute Gasteiger partial charge is 0.328 e. The molecule has 4 aliphatic heterocycles. The van der Waals surface area contributed by atoms with Gasteiger partial charge in [0, 0.05) is 18.8 Å². The first-order valence-electron chi connectivity index (χ1n) is 12.7. The molecule has 0 N–H and O–H groups in total. The summed E-state index contributed by atoms with van der Waals surface area (Å²) < 4.78 is 21.0. The molecule has 4 heterocycles. The summed E-state index contributed by atoms with van der Waals surface area (Å²) in [5.41, 5.74) is 1.14. The third kappa shape index (κ3) is 4.80. The molecule has 6 rings (SSSR count). The molecule has 2 aromatic rings. The number of nitrogens with zero attached hydrogens (tertiary/aromatic N) is 2. The fourth-order valence-corrected chi connectivity index (χ4v) is 6.18. The summed E-state index contributed by atoms with van der Waals surface area (Å²) in [7, 11) is 0. The number of carbonyl (C=O) groups is 2. The van der Waals surface area contributed by atoms with Crippen LogP contribution in [0.15, 0.2) is 54.6 Å². The number of benzene rings is 2. The Hall–Kier alpha value is -2.57. The zero-order valence-electron chi connectivity index (χ0n) is 19.7. The first kappa shape index (κ1) is 23.2. The Morgan fingerprint density at radius 3 is 2.35 bits per heavy atom. The molecule has 2 atom stereocenters. The third-order valence-electron chi connectivity index (χ3n) is 8.06. The molecule has 2 aromatic carbocycles. The van der Waals surface area contributed by atoms with E-state index in [1.54, 1.807) is 18.2 Å². The quantitative estimate of drug-likeness (QED) is 0.346. The third-order valence-corrected chi connectivity index (χ3v) is 8.06. The minimum Gasteiger partial charge on any atom is -0.455 e.